The van der Waals surface area contributed by atoms with E-state index >= 15 is 0 Å². The molecule has 0 amide bonds. The molecule has 0 saturated carbocycles. The van der Waals surface area contributed by atoms with Gasteiger partial charge in [-0.25, -0.2) is 8.78 Å². The minimum absolute atomic E-state index is 0.171. The zero-order valence-corrected chi connectivity index (χ0v) is 12.1. The van der Waals surface area contributed by atoms with Gasteiger partial charge >= 0.3 is 0 Å². The van der Waals surface area contributed by atoms with Crippen LogP contribution in [0.15, 0.2) is 42.5 Å². The molecule has 1 nitrogen and oxygen atoms in total. The van der Waals surface area contributed by atoms with Gasteiger partial charge in [0.1, 0.15) is 11.6 Å². The van der Waals surface area contributed by atoms with E-state index in [9.17, 15) is 8.78 Å². The third-order valence-electron chi connectivity index (χ3n) is 4.48. The normalized spacial score (nSPS) is 19.1. The molecule has 3 rings (SSSR count). The number of fused-ring (bicyclic) bond motifs is 1. The maximum atomic E-state index is 14.1. The van der Waals surface area contributed by atoms with Crippen molar-refractivity contribution in [2.75, 3.05) is 7.05 Å². The van der Waals surface area contributed by atoms with Crippen LogP contribution in [0.4, 0.5) is 8.78 Å². The van der Waals surface area contributed by atoms with Crippen molar-refractivity contribution in [3.05, 3.63) is 70.8 Å². The van der Waals surface area contributed by atoms with Crippen molar-refractivity contribution in [1.82, 2.24) is 5.32 Å². The van der Waals surface area contributed by atoms with Crippen molar-refractivity contribution in [3.8, 4) is 0 Å². The third kappa shape index (κ3) is 2.70. The number of aryl methyl sites for hydroxylation is 1. The highest BCUT2D eigenvalue weighted by Crippen LogP contribution is 2.35. The molecule has 0 fully saturated rings. The minimum Gasteiger partial charge on any atom is -0.313 e. The summed E-state index contributed by atoms with van der Waals surface area (Å²) in [5.41, 5.74) is 2.83. The van der Waals surface area contributed by atoms with Crippen LogP contribution in [0.5, 0.6) is 0 Å². The van der Waals surface area contributed by atoms with E-state index in [-0.39, 0.29) is 17.5 Å². The number of halogens is 2. The predicted octanol–water partition coefficient (Wildman–Crippen LogP) is 4.03. The zero-order valence-electron chi connectivity index (χ0n) is 12.1. The largest absolute Gasteiger partial charge is 0.313 e. The molecule has 1 aliphatic rings. The van der Waals surface area contributed by atoms with Gasteiger partial charge in [0.15, 0.2) is 0 Å². The average Bonchev–Trinajstić information content (AvgIpc) is 2.50. The topological polar surface area (TPSA) is 12.0 Å². The molecule has 2 aromatic rings. The summed E-state index contributed by atoms with van der Waals surface area (Å²) in [5, 5.41) is 3.12. The van der Waals surface area contributed by atoms with Gasteiger partial charge in [-0.2, -0.15) is 0 Å². The van der Waals surface area contributed by atoms with Crippen LogP contribution in [0.25, 0.3) is 0 Å². The lowest BCUT2D eigenvalue weighted by atomic mass is 9.78. The standard InChI is InChI=1S/C18H19F2N/c1-21-18(17-15(19)7-4-8-16(17)20)14-10-9-12-5-2-3-6-13(12)11-14/h2-8,14,18,21H,9-11H2,1H3. The van der Waals surface area contributed by atoms with Gasteiger partial charge in [-0.3, -0.25) is 0 Å². The maximum Gasteiger partial charge on any atom is 0.130 e. The molecule has 2 atom stereocenters. The lowest BCUT2D eigenvalue weighted by Gasteiger charge is -2.32. The predicted molar refractivity (Wildman–Crippen MR) is 80.1 cm³/mol. The Kier molecular flexibility index (Phi) is 4.02. The third-order valence-corrected chi connectivity index (χ3v) is 4.48. The lowest BCUT2D eigenvalue weighted by Crippen LogP contribution is -2.31. The van der Waals surface area contributed by atoms with Gasteiger partial charge < -0.3 is 5.32 Å². The van der Waals surface area contributed by atoms with Crippen LogP contribution >= 0.6 is 0 Å². The Morgan fingerprint density at radius 1 is 1.00 bits per heavy atom. The monoisotopic (exact) mass is 287 g/mol. The van der Waals surface area contributed by atoms with Gasteiger partial charge in [0.05, 0.1) is 0 Å². The number of benzene rings is 2. The van der Waals surface area contributed by atoms with E-state index < -0.39 is 11.6 Å². The van der Waals surface area contributed by atoms with Gasteiger partial charge in [0, 0.05) is 11.6 Å². The zero-order chi connectivity index (χ0) is 14.8. The summed E-state index contributed by atoms with van der Waals surface area (Å²) in [6.07, 6.45) is 2.76. The molecule has 21 heavy (non-hydrogen) atoms. The van der Waals surface area contributed by atoms with Crippen LogP contribution in [0, 0.1) is 17.6 Å². The van der Waals surface area contributed by atoms with Crippen LogP contribution in [0.3, 0.4) is 0 Å². The molecule has 1 aliphatic carbocycles. The molecule has 3 heteroatoms. The summed E-state index contributed by atoms with van der Waals surface area (Å²) in [6, 6.07) is 12.1. The number of nitrogens with one attached hydrogen (secondary N) is 1. The molecule has 0 bridgehead atoms. The summed E-state index contributed by atoms with van der Waals surface area (Å²) in [7, 11) is 1.77. The quantitative estimate of drug-likeness (QED) is 0.898. The molecule has 0 heterocycles. The van der Waals surface area contributed by atoms with Crippen molar-refractivity contribution in [2.24, 2.45) is 5.92 Å². The Bertz CT molecular complexity index is 619. The molecule has 0 spiro atoms. The molecular weight excluding hydrogens is 268 g/mol. The van der Waals surface area contributed by atoms with Crippen LogP contribution in [-0.2, 0) is 12.8 Å². The highest BCUT2D eigenvalue weighted by Gasteiger charge is 2.29. The smallest absolute Gasteiger partial charge is 0.130 e. The summed E-state index contributed by atoms with van der Waals surface area (Å²) in [6.45, 7) is 0. The Labute approximate surface area is 124 Å². The van der Waals surface area contributed by atoms with Crippen molar-refractivity contribution in [2.45, 2.75) is 25.3 Å². The summed E-state index contributed by atoms with van der Waals surface area (Å²) < 4.78 is 28.1. The van der Waals surface area contributed by atoms with E-state index in [1.54, 1.807) is 7.05 Å². The highest BCUT2D eigenvalue weighted by atomic mass is 19.1. The fraction of sp³-hybridized carbons (Fsp3) is 0.333. The molecule has 0 saturated heterocycles. The molecule has 110 valence electrons. The fourth-order valence-electron chi connectivity index (χ4n) is 3.43. The number of hydrogen-bond donors (Lipinski definition) is 1. The van der Waals surface area contributed by atoms with Crippen molar-refractivity contribution >= 4 is 0 Å². The Balaban J connectivity index is 1.92. The second-order valence-electron chi connectivity index (χ2n) is 5.67. The fourth-order valence-corrected chi connectivity index (χ4v) is 3.43. The average molecular weight is 287 g/mol. The van der Waals surface area contributed by atoms with Gasteiger partial charge in [-0.05, 0) is 55.5 Å². The van der Waals surface area contributed by atoms with E-state index in [1.807, 2.05) is 12.1 Å². The van der Waals surface area contributed by atoms with Crippen LogP contribution in [-0.4, -0.2) is 7.05 Å². The van der Waals surface area contributed by atoms with Crippen LogP contribution in [0.2, 0.25) is 0 Å². The van der Waals surface area contributed by atoms with E-state index in [2.05, 4.69) is 17.4 Å². The van der Waals surface area contributed by atoms with Crippen LogP contribution < -0.4 is 5.32 Å². The first-order valence-electron chi connectivity index (χ1n) is 7.38. The molecule has 2 aromatic carbocycles. The second kappa shape index (κ2) is 5.94. The SMILES string of the molecule is CNC(c1c(F)cccc1F)C1CCc2ccccc2C1. The first kappa shape index (κ1) is 14.2. The van der Waals surface area contributed by atoms with Gasteiger partial charge in [-0.1, -0.05) is 30.3 Å². The molecule has 0 radical (unpaired) electrons. The van der Waals surface area contributed by atoms with E-state index in [1.165, 1.54) is 29.3 Å². The number of rotatable bonds is 3. The van der Waals surface area contributed by atoms with Crippen LogP contribution in [0.1, 0.15) is 29.2 Å². The summed E-state index contributed by atoms with van der Waals surface area (Å²) in [5.74, 6) is -0.724. The van der Waals surface area contributed by atoms with Gasteiger partial charge in [-0.15, -0.1) is 0 Å². The molecular formula is C18H19F2N. The molecule has 1 N–H and O–H groups in total. The second-order valence-corrected chi connectivity index (χ2v) is 5.67. The van der Waals surface area contributed by atoms with Crippen molar-refractivity contribution in [1.29, 1.82) is 0 Å². The maximum absolute atomic E-state index is 14.1. The number of hydrogen-bond acceptors (Lipinski definition) is 1. The Morgan fingerprint density at radius 2 is 1.67 bits per heavy atom. The van der Waals surface area contributed by atoms with E-state index in [0.717, 1.165) is 19.3 Å². The van der Waals surface area contributed by atoms with Crippen molar-refractivity contribution < 1.29 is 8.78 Å². The van der Waals surface area contributed by atoms with E-state index in [4.69, 9.17) is 0 Å². The molecule has 0 aliphatic heterocycles. The molecule has 0 aromatic heterocycles. The first-order chi connectivity index (χ1) is 10.2. The minimum atomic E-state index is -0.465. The first-order valence-corrected chi connectivity index (χ1v) is 7.38. The summed E-state index contributed by atoms with van der Waals surface area (Å²) >= 11 is 0. The Morgan fingerprint density at radius 3 is 2.33 bits per heavy atom. The summed E-state index contributed by atoms with van der Waals surface area (Å²) in [4.78, 5) is 0. The van der Waals surface area contributed by atoms with Gasteiger partial charge in [0.25, 0.3) is 0 Å². The highest BCUT2D eigenvalue weighted by molar-refractivity contribution is 5.32. The molecule has 2 unspecified atom stereocenters. The lowest BCUT2D eigenvalue weighted by molar-refractivity contribution is 0.324. The van der Waals surface area contributed by atoms with Crippen molar-refractivity contribution in [3.63, 3.8) is 0 Å². The van der Waals surface area contributed by atoms with Gasteiger partial charge in [0.2, 0.25) is 0 Å². The van der Waals surface area contributed by atoms with E-state index in [0.29, 0.717) is 0 Å². The Hall–Kier alpha value is -1.74.